The monoisotopic (exact) mass is 406 g/mol. The van der Waals surface area contributed by atoms with Crippen molar-refractivity contribution in [2.75, 3.05) is 18.2 Å². The number of H-pyrrole nitrogens is 1. The maximum absolute atomic E-state index is 12.4. The van der Waals surface area contributed by atoms with E-state index in [1.807, 2.05) is 12.1 Å². The summed E-state index contributed by atoms with van der Waals surface area (Å²) in [7, 11) is 1.58. The number of carbonyl (C=O) groups is 1. The van der Waals surface area contributed by atoms with Crippen molar-refractivity contribution in [3.63, 3.8) is 0 Å². The standard InChI is InChI=1S/C18H16F2N4O3S/c1-26-12-8-6-11(7-9-12)16-22-18(24-23-16)28-10-15(25)21-13-4-2-3-5-14(13)27-17(19)20/h2-9,17H,10H2,1H3,(H,21,25)(H,22,23,24). The molecule has 7 nitrogen and oxygen atoms in total. The van der Waals surface area contributed by atoms with Gasteiger partial charge in [0.05, 0.1) is 18.6 Å². The highest BCUT2D eigenvalue weighted by Crippen LogP contribution is 2.26. The van der Waals surface area contributed by atoms with E-state index in [1.54, 1.807) is 25.3 Å². The van der Waals surface area contributed by atoms with Crippen LogP contribution in [0.5, 0.6) is 11.5 Å². The summed E-state index contributed by atoms with van der Waals surface area (Å²) >= 11 is 1.11. The molecule has 0 aliphatic heterocycles. The molecule has 0 saturated heterocycles. The number of halogens is 2. The molecule has 10 heteroatoms. The van der Waals surface area contributed by atoms with Gasteiger partial charge in [0.1, 0.15) is 11.5 Å². The number of para-hydroxylation sites is 2. The zero-order valence-electron chi connectivity index (χ0n) is 14.7. The van der Waals surface area contributed by atoms with E-state index < -0.39 is 12.5 Å². The average Bonchev–Trinajstić information content (AvgIpc) is 3.17. The first-order valence-electron chi connectivity index (χ1n) is 8.08. The first-order valence-corrected chi connectivity index (χ1v) is 9.07. The van der Waals surface area contributed by atoms with Gasteiger partial charge in [0.15, 0.2) is 5.82 Å². The van der Waals surface area contributed by atoms with Crippen molar-refractivity contribution in [3.8, 4) is 22.9 Å². The van der Waals surface area contributed by atoms with Crippen LogP contribution in [0, 0.1) is 0 Å². The first-order chi connectivity index (χ1) is 13.5. The second-order valence-corrected chi connectivity index (χ2v) is 6.35. The normalized spacial score (nSPS) is 10.7. The molecule has 0 aliphatic carbocycles. The summed E-state index contributed by atoms with van der Waals surface area (Å²) in [6.07, 6.45) is 0. The Hall–Kier alpha value is -3.14. The Morgan fingerprint density at radius 3 is 2.68 bits per heavy atom. The number of amides is 1. The molecule has 2 aromatic carbocycles. The fourth-order valence-corrected chi connectivity index (χ4v) is 2.87. The molecule has 0 radical (unpaired) electrons. The molecule has 1 amide bonds. The molecular weight excluding hydrogens is 390 g/mol. The van der Waals surface area contributed by atoms with Crippen molar-refractivity contribution in [1.82, 2.24) is 15.2 Å². The minimum atomic E-state index is -2.97. The number of methoxy groups -OCH3 is 1. The number of thioether (sulfide) groups is 1. The third-order valence-electron chi connectivity index (χ3n) is 3.54. The molecule has 0 spiro atoms. The van der Waals surface area contributed by atoms with E-state index in [0.29, 0.717) is 11.0 Å². The summed E-state index contributed by atoms with van der Waals surface area (Å²) in [6, 6.07) is 13.3. The second-order valence-electron chi connectivity index (χ2n) is 5.41. The lowest BCUT2D eigenvalue weighted by atomic mass is 10.2. The third-order valence-corrected chi connectivity index (χ3v) is 4.39. The number of carbonyl (C=O) groups excluding carboxylic acids is 1. The second kappa shape index (κ2) is 9.18. The van der Waals surface area contributed by atoms with Crippen molar-refractivity contribution in [3.05, 3.63) is 48.5 Å². The smallest absolute Gasteiger partial charge is 0.387 e. The van der Waals surface area contributed by atoms with Crippen LogP contribution in [-0.4, -0.2) is 40.6 Å². The van der Waals surface area contributed by atoms with E-state index in [2.05, 4.69) is 25.2 Å². The number of rotatable bonds is 8. The number of hydrogen-bond donors (Lipinski definition) is 2. The molecule has 1 heterocycles. The van der Waals surface area contributed by atoms with Crippen LogP contribution in [0.25, 0.3) is 11.4 Å². The van der Waals surface area contributed by atoms with E-state index >= 15 is 0 Å². The van der Waals surface area contributed by atoms with Crippen LogP contribution in [0.2, 0.25) is 0 Å². The molecule has 1 aromatic heterocycles. The van der Waals surface area contributed by atoms with Gasteiger partial charge in [-0.2, -0.15) is 8.78 Å². The van der Waals surface area contributed by atoms with Crippen LogP contribution < -0.4 is 14.8 Å². The van der Waals surface area contributed by atoms with Crippen LogP contribution in [0.15, 0.2) is 53.7 Å². The van der Waals surface area contributed by atoms with Gasteiger partial charge in [-0.25, -0.2) is 4.98 Å². The Morgan fingerprint density at radius 1 is 1.21 bits per heavy atom. The molecule has 0 atom stereocenters. The lowest BCUT2D eigenvalue weighted by molar-refractivity contribution is -0.113. The number of hydrogen-bond acceptors (Lipinski definition) is 6. The predicted octanol–water partition coefficient (Wildman–Crippen LogP) is 3.81. The number of ether oxygens (including phenoxy) is 2. The highest BCUT2D eigenvalue weighted by Gasteiger charge is 2.13. The van der Waals surface area contributed by atoms with Gasteiger partial charge in [0.25, 0.3) is 0 Å². The van der Waals surface area contributed by atoms with Gasteiger partial charge in [0, 0.05) is 5.56 Å². The molecule has 2 N–H and O–H groups in total. The Morgan fingerprint density at radius 2 is 1.96 bits per heavy atom. The Kier molecular flexibility index (Phi) is 6.43. The van der Waals surface area contributed by atoms with E-state index in [-0.39, 0.29) is 17.2 Å². The largest absolute Gasteiger partial charge is 0.497 e. The Balaban J connectivity index is 1.57. The first kappa shape index (κ1) is 19.6. The zero-order valence-corrected chi connectivity index (χ0v) is 15.5. The number of nitrogens with one attached hydrogen (secondary N) is 2. The Labute approximate surface area is 163 Å². The number of alkyl halides is 2. The SMILES string of the molecule is COc1ccc(-c2nc(SCC(=O)Nc3ccccc3OC(F)F)n[nH]2)cc1. The number of nitrogens with zero attached hydrogens (tertiary/aromatic N) is 2. The van der Waals surface area contributed by atoms with Crippen molar-refractivity contribution in [2.24, 2.45) is 0 Å². The fraction of sp³-hybridized carbons (Fsp3) is 0.167. The van der Waals surface area contributed by atoms with Crippen molar-refractivity contribution >= 4 is 23.4 Å². The lowest BCUT2D eigenvalue weighted by Crippen LogP contribution is -2.15. The van der Waals surface area contributed by atoms with Crippen LogP contribution in [0.1, 0.15) is 0 Å². The summed E-state index contributed by atoms with van der Waals surface area (Å²) in [5.41, 5.74) is 0.991. The molecule has 3 aromatic rings. The number of aromatic amines is 1. The van der Waals surface area contributed by atoms with Crippen molar-refractivity contribution in [1.29, 1.82) is 0 Å². The van der Waals surface area contributed by atoms with Gasteiger partial charge in [-0.3, -0.25) is 9.89 Å². The number of benzene rings is 2. The van der Waals surface area contributed by atoms with Gasteiger partial charge in [-0.05, 0) is 36.4 Å². The van der Waals surface area contributed by atoms with Gasteiger partial charge in [0.2, 0.25) is 11.1 Å². The Bertz CT molecular complexity index is 935. The molecule has 0 aliphatic rings. The molecule has 0 fully saturated rings. The zero-order chi connectivity index (χ0) is 19.9. The maximum Gasteiger partial charge on any atom is 0.387 e. The van der Waals surface area contributed by atoms with E-state index in [1.165, 1.54) is 18.2 Å². The van der Waals surface area contributed by atoms with E-state index in [4.69, 9.17) is 4.74 Å². The predicted molar refractivity (Wildman–Crippen MR) is 101 cm³/mol. The topological polar surface area (TPSA) is 89.1 Å². The summed E-state index contributed by atoms with van der Waals surface area (Å²) in [4.78, 5) is 16.4. The lowest BCUT2D eigenvalue weighted by Gasteiger charge is -2.11. The summed E-state index contributed by atoms with van der Waals surface area (Å²) in [6.45, 7) is -2.97. The van der Waals surface area contributed by atoms with Gasteiger partial charge >= 0.3 is 6.61 Å². The minimum Gasteiger partial charge on any atom is -0.497 e. The molecular formula is C18H16F2N4O3S. The number of anilines is 1. The van der Waals surface area contributed by atoms with Crippen LogP contribution in [0.3, 0.4) is 0 Å². The summed E-state index contributed by atoms with van der Waals surface area (Å²) in [5, 5.41) is 9.80. The molecule has 146 valence electrons. The van der Waals surface area contributed by atoms with Crippen LogP contribution in [0.4, 0.5) is 14.5 Å². The molecule has 0 saturated carbocycles. The summed E-state index contributed by atoms with van der Waals surface area (Å²) < 4.78 is 34.3. The van der Waals surface area contributed by atoms with E-state index in [0.717, 1.165) is 23.1 Å². The summed E-state index contributed by atoms with van der Waals surface area (Å²) in [5.74, 6) is 0.789. The fourth-order valence-electron chi connectivity index (χ4n) is 2.27. The molecule has 3 rings (SSSR count). The maximum atomic E-state index is 12.4. The number of aromatic nitrogens is 3. The molecule has 0 bridgehead atoms. The quantitative estimate of drug-likeness (QED) is 0.553. The highest BCUT2D eigenvalue weighted by molar-refractivity contribution is 7.99. The van der Waals surface area contributed by atoms with Crippen LogP contribution in [-0.2, 0) is 4.79 Å². The molecule has 0 unspecified atom stereocenters. The minimum absolute atomic E-state index is 0.00290. The van der Waals surface area contributed by atoms with Crippen LogP contribution >= 0.6 is 11.8 Å². The highest BCUT2D eigenvalue weighted by atomic mass is 32.2. The molecule has 28 heavy (non-hydrogen) atoms. The van der Waals surface area contributed by atoms with Crippen molar-refractivity contribution in [2.45, 2.75) is 11.8 Å². The average molecular weight is 406 g/mol. The van der Waals surface area contributed by atoms with Gasteiger partial charge < -0.3 is 14.8 Å². The van der Waals surface area contributed by atoms with Gasteiger partial charge in [-0.15, -0.1) is 5.10 Å². The van der Waals surface area contributed by atoms with Crippen molar-refractivity contribution < 1.29 is 23.0 Å². The van der Waals surface area contributed by atoms with Gasteiger partial charge in [-0.1, -0.05) is 23.9 Å². The van der Waals surface area contributed by atoms with E-state index in [9.17, 15) is 13.6 Å². The third kappa shape index (κ3) is 5.19.